The van der Waals surface area contributed by atoms with E-state index in [1.807, 2.05) is 0 Å². The topological polar surface area (TPSA) is 134 Å². The van der Waals surface area contributed by atoms with Crippen LogP contribution in [0.2, 0.25) is 0 Å². The van der Waals surface area contributed by atoms with Gasteiger partial charge in [0.05, 0.1) is 13.2 Å². The van der Waals surface area contributed by atoms with Crippen LogP contribution in [0.15, 0.2) is 24.3 Å². The van der Waals surface area contributed by atoms with E-state index in [2.05, 4.69) is 38.2 Å². The normalized spacial score (nSPS) is 13.6. The molecule has 0 spiro atoms. The van der Waals surface area contributed by atoms with Gasteiger partial charge in [0.15, 0.2) is 6.10 Å². The molecule has 3 N–H and O–H groups in total. The van der Waals surface area contributed by atoms with Crippen molar-refractivity contribution in [2.75, 3.05) is 26.4 Å². The summed E-state index contributed by atoms with van der Waals surface area (Å²) in [5.41, 5.74) is 5.33. The fourth-order valence-corrected chi connectivity index (χ4v) is 6.31. The van der Waals surface area contributed by atoms with Crippen molar-refractivity contribution in [1.82, 2.24) is 0 Å². The Morgan fingerprint density at radius 3 is 1.56 bits per heavy atom. The molecule has 9 nitrogen and oxygen atoms in total. The van der Waals surface area contributed by atoms with Crippen LogP contribution in [0.5, 0.6) is 0 Å². The van der Waals surface area contributed by atoms with Crippen LogP contribution in [-0.4, -0.2) is 49.3 Å². The Kier molecular flexibility index (Phi) is 36.1. The van der Waals surface area contributed by atoms with Gasteiger partial charge in [-0.3, -0.25) is 18.6 Å². The Morgan fingerprint density at radius 2 is 1.04 bits per heavy atom. The lowest BCUT2D eigenvalue weighted by atomic mass is 10.1. The molecule has 0 heterocycles. The van der Waals surface area contributed by atoms with Gasteiger partial charge < -0.3 is 20.1 Å². The summed E-state index contributed by atoms with van der Waals surface area (Å²) in [5, 5.41) is 0. The lowest BCUT2D eigenvalue weighted by Gasteiger charge is -2.19. The quantitative estimate of drug-likeness (QED) is 0.0275. The molecule has 2 atom stereocenters. The van der Waals surface area contributed by atoms with E-state index in [4.69, 9.17) is 24.3 Å². The first kappa shape index (κ1) is 48.5. The highest BCUT2D eigenvalue weighted by Crippen LogP contribution is 2.43. The summed E-state index contributed by atoms with van der Waals surface area (Å²) in [4.78, 5) is 34.7. The molecule has 0 aromatic heterocycles. The largest absolute Gasteiger partial charge is 0.472 e. The van der Waals surface area contributed by atoms with E-state index in [0.717, 1.165) is 51.4 Å². The van der Waals surface area contributed by atoms with Gasteiger partial charge in [0.25, 0.3) is 0 Å². The van der Waals surface area contributed by atoms with Crippen LogP contribution >= 0.6 is 7.82 Å². The Labute approximate surface area is 306 Å². The molecule has 0 aromatic rings. The minimum atomic E-state index is -4.37. The first-order chi connectivity index (χ1) is 24.3. The average Bonchev–Trinajstić information content (AvgIpc) is 3.10. The number of allylic oxidation sites excluding steroid dienone is 4. The molecule has 10 heteroatoms. The van der Waals surface area contributed by atoms with Gasteiger partial charge in [-0.1, -0.05) is 154 Å². The van der Waals surface area contributed by atoms with Gasteiger partial charge in [0, 0.05) is 19.4 Å². The van der Waals surface area contributed by atoms with Crippen LogP contribution in [0.1, 0.15) is 187 Å². The predicted molar refractivity (Wildman–Crippen MR) is 206 cm³/mol. The monoisotopic (exact) mass is 730 g/mol. The van der Waals surface area contributed by atoms with Crippen molar-refractivity contribution in [3.63, 3.8) is 0 Å². The molecule has 0 amide bonds. The SMILES string of the molecule is CCCCC/C=C\C/C=C\CCCCCCCCCCCC(=O)OC(COC(=O)CCCCCCCCCCCC)COP(=O)(O)OCCN. The van der Waals surface area contributed by atoms with Gasteiger partial charge in [-0.25, -0.2) is 4.57 Å². The van der Waals surface area contributed by atoms with Crippen molar-refractivity contribution in [3.8, 4) is 0 Å². The molecule has 0 aliphatic heterocycles. The third-order valence-electron chi connectivity index (χ3n) is 8.59. The number of phosphoric ester groups is 1. The third kappa shape index (κ3) is 36.3. The standard InChI is InChI=1S/C40H76NO8P/c1-3-5-7-9-11-13-15-16-17-18-19-20-21-22-23-25-27-29-31-33-40(43)49-38(37-48-50(44,45)47-35-34-41)36-46-39(42)32-30-28-26-24-14-12-10-8-6-4-2/h11,13,16-17,38H,3-10,12,14-15,18-37,41H2,1-2H3,(H,44,45)/b13-11-,17-16-. The Morgan fingerprint density at radius 1 is 0.600 bits per heavy atom. The Hall–Kier alpha value is -1.51. The highest BCUT2D eigenvalue weighted by Gasteiger charge is 2.26. The summed E-state index contributed by atoms with van der Waals surface area (Å²) in [5.74, 6) is -0.831. The molecular formula is C40H76NO8P. The van der Waals surface area contributed by atoms with Crippen LogP contribution in [0, 0.1) is 0 Å². The van der Waals surface area contributed by atoms with E-state index >= 15 is 0 Å². The van der Waals surface area contributed by atoms with Crippen molar-refractivity contribution in [1.29, 1.82) is 0 Å². The summed E-state index contributed by atoms with van der Waals surface area (Å²) < 4.78 is 32.7. The number of ether oxygens (including phenoxy) is 2. The van der Waals surface area contributed by atoms with Gasteiger partial charge >= 0.3 is 19.8 Å². The van der Waals surface area contributed by atoms with E-state index < -0.39 is 26.5 Å². The second-order valence-electron chi connectivity index (χ2n) is 13.5. The van der Waals surface area contributed by atoms with E-state index in [0.29, 0.717) is 6.42 Å². The number of rotatable bonds is 38. The van der Waals surface area contributed by atoms with Gasteiger partial charge in [-0.2, -0.15) is 0 Å². The molecule has 0 radical (unpaired) electrons. The lowest BCUT2D eigenvalue weighted by Crippen LogP contribution is -2.29. The summed E-state index contributed by atoms with van der Waals surface area (Å²) in [6, 6.07) is 0. The van der Waals surface area contributed by atoms with Crippen molar-refractivity contribution < 1.29 is 37.6 Å². The number of hydrogen-bond donors (Lipinski definition) is 2. The predicted octanol–water partition coefficient (Wildman–Crippen LogP) is 11.2. The van der Waals surface area contributed by atoms with Crippen molar-refractivity contribution >= 4 is 19.8 Å². The van der Waals surface area contributed by atoms with Crippen molar-refractivity contribution in [3.05, 3.63) is 24.3 Å². The van der Waals surface area contributed by atoms with E-state index in [1.165, 1.54) is 103 Å². The minimum Gasteiger partial charge on any atom is -0.462 e. The summed E-state index contributed by atoms with van der Waals surface area (Å²) >= 11 is 0. The van der Waals surface area contributed by atoms with Crippen LogP contribution in [0.3, 0.4) is 0 Å². The summed E-state index contributed by atoms with van der Waals surface area (Å²) in [7, 11) is -4.37. The lowest BCUT2D eigenvalue weighted by molar-refractivity contribution is -0.161. The molecule has 2 unspecified atom stereocenters. The second kappa shape index (κ2) is 37.3. The molecule has 294 valence electrons. The maximum Gasteiger partial charge on any atom is 0.472 e. The zero-order chi connectivity index (χ0) is 36.8. The van der Waals surface area contributed by atoms with E-state index in [-0.39, 0.29) is 38.6 Å². The molecule has 0 aliphatic carbocycles. The zero-order valence-corrected chi connectivity index (χ0v) is 33.0. The van der Waals surface area contributed by atoms with Crippen molar-refractivity contribution in [2.24, 2.45) is 5.73 Å². The van der Waals surface area contributed by atoms with Crippen LogP contribution in [-0.2, 0) is 32.7 Å². The fourth-order valence-electron chi connectivity index (χ4n) is 5.55. The second-order valence-corrected chi connectivity index (χ2v) is 15.0. The highest BCUT2D eigenvalue weighted by molar-refractivity contribution is 7.47. The number of hydrogen-bond acceptors (Lipinski definition) is 8. The van der Waals surface area contributed by atoms with E-state index in [9.17, 15) is 19.0 Å². The number of phosphoric acid groups is 1. The smallest absolute Gasteiger partial charge is 0.462 e. The average molecular weight is 730 g/mol. The molecule has 0 bridgehead atoms. The maximum absolute atomic E-state index is 12.5. The van der Waals surface area contributed by atoms with Crippen LogP contribution in [0.25, 0.3) is 0 Å². The summed E-state index contributed by atoms with van der Waals surface area (Å²) in [6.07, 6.45) is 37.8. The molecule has 0 aromatic carbocycles. The maximum atomic E-state index is 12.5. The van der Waals surface area contributed by atoms with E-state index in [1.54, 1.807) is 0 Å². The molecule has 0 aliphatic rings. The first-order valence-corrected chi connectivity index (χ1v) is 21.8. The van der Waals surface area contributed by atoms with Crippen LogP contribution < -0.4 is 5.73 Å². The molecule has 0 fully saturated rings. The van der Waals surface area contributed by atoms with Crippen molar-refractivity contribution in [2.45, 2.75) is 193 Å². The zero-order valence-electron chi connectivity index (χ0n) is 32.1. The van der Waals surface area contributed by atoms with Gasteiger partial charge in [0.2, 0.25) is 0 Å². The third-order valence-corrected chi connectivity index (χ3v) is 9.57. The Balaban J connectivity index is 4.14. The number of unbranched alkanes of at least 4 members (excludes halogenated alkanes) is 21. The molecule has 0 rings (SSSR count). The minimum absolute atomic E-state index is 0.0540. The van der Waals surface area contributed by atoms with Gasteiger partial charge in [-0.05, 0) is 44.9 Å². The fraction of sp³-hybridized carbons (Fsp3) is 0.850. The number of esters is 2. The molecule has 50 heavy (non-hydrogen) atoms. The highest BCUT2D eigenvalue weighted by atomic mass is 31.2. The summed E-state index contributed by atoms with van der Waals surface area (Å²) in [6.45, 7) is 3.69. The number of nitrogens with two attached hydrogens (primary N) is 1. The van der Waals surface area contributed by atoms with Gasteiger partial charge in [-0.15, -0.1) is 0 Å². The Bertz CT molecular complexity index is 881. The first-order valence-electron chi connectivity index (χ1n) is 20.3. The molecular weight excluding hydrogens is 653 g/mol. The molecule has 0 saturated carbocycles. The molecule has 0 saturated heterocycles. The van der Waals surface area contributed by atoms with Crippen LogP contribution in [0.4, 0.5) is 0 Å². The van der Waals surface area contributed by atoms with Gasteiger partial charge in [0.1, 0.15) is 6.61 Å². The number of carbonyl (C=O) groups excluding carboxylic acids is 2. The number of carbonyl (C=O) groups is 2.